The summed E-state index contributed by atoms with van der Waals surface area (Å²) in [6.45, 7) is 6.33. The Labute approximate surface area is 91.6 Å². The summed E-state index contributed by atoms with van der Waals surface area (Å²) >= 11 is 0. The molecule has 1 saturated heterocycles. The van der Waals surface area contributed by atoms with E-state index < -0.39 is 0 Å². The lowest BCUT2D eigenvalue weighted by Crippen LogP contribution is -2.37. The molecule has 1 heterocycles. The maximum Gasteiger partial charge on any atom is 0.120 e. The van der Waals surface area contributed by atoms with Gasteiger partial charge in [-0.1, -0.05) is 6.07 Å². The van der Waals surface area contributed by atoms with Gasteiger partial charge in [0.25, 0.3) is 0 Å². The third kappa shape index (κ3) is 2.96. The zero-order valence-electron chi connectivity index (χ0n) is 9.55. The third-order valence-electron chi connectivity index (χ3n) is 2.75. The fourth-order valence-corrected chi connectivity index (χ4v) is 2.11. The van der Waals surface area contributed by atoms with E-state index in [0.29, 0.717) is 6.10 Å². The fourth-order valence-electron chi connectivity index (χ4n) is 2.11. The second-order valence-corrected chi connectivity index (χ2v) is 4.41. The van der Waals surface area contributed by atoms with Gasteiger partial charge >= 0.3 is 0 Å². The molecule has 1 aromatic rings. The smallest absolute Gasteiger partial charge is 0.120 e. The summed E-state index contributed by atoms with van der Waals surface area (Å²) in [6.07, 6.45) is 2.73. The van der Waals surface area contributed by atoms with Gasteiger partial charge in [0, 0.05) is 6.54 Å². The average Bonchev–Trinajstić information content (AvgIpc) is 2.17. The molecule has 0 radical (unpaired) electrons. The van der Waals surface area contributed by atoms with Crippen molar-refractivity contribution in [2.45, 2.75) is 32.8 Å². The molecular formula is C13H19NO. The van der Waals surface area contributed by atoms with E-state index >= 15 is 0 Å². The molecule has 0 spiro atoms. The first kappa shape index (κ1) is 10.5. The standard InChI is InChI=1S/C13H19NO/c1-10-6-11(2)8-13(7-10)15-12-4-3-5-14-9-12/h6-8,12,14H,3-5,9H2,1-2H3. The Morgan fingerprint density at radius 2 is 1.93 bits per heavy atom. The number of ether oxygens (including phenoxy) is 1. The molecule has 1 aliphatic heterocycles. The fraction of sp³-hybridized carbons (Fsp3) is 0.538. The SMILES string of the molecule is Cc1cc(C)cc(OC2CCCNC2)c1. The highest BCUT2D eigenvalue weighted by atomic mass is 16.5. The summed E-state index contributed by atoms with van der Waals surface area (Å²) < 4.78 is 5.95. The van der Waals surface area contributed by atoms with Crippen LogP contribution < -0.4 is 10.1 Å². The molecule has 0 bridgehead atoms. The van der Waals surface area contributed by atoms with Gasteiger partial charge in [-0.2, -0.15) is 0 Å². The summed E-state index contributed by atoms with van der Waals surface area (Å²) in [5, 5.41) is 3.36. The summed E-state index contributed by atoms with van der Waals surface area (Å²) in [5.41, 5.74) is 2.54. The third-order valence-corrected chi connectivity index (χ3v) is 2.75. The molecule has 2 heteroatoms. The molecule has 1 aliphatic rings. The molecule has 0 aliphatic carbocycles. The van der Waals surface area contributed by atoms with Crippen molar-refractivity contribution in [1.29, 1.82) is 0 Å². The lowest BCUT2D eigenvalue weighted by Gasteiger charge is -2.24. The Hall–Kier alpha value is -1.02. The Bertz CT molecular complexity index is 309. The quantitative estimate of drug-likeness (QED) is 0.800. The van der Waals surface area contributed by atoms with Gasteiger partial charge in [-0.3, -0.25) is 0 Å². The summed E-state index contributed by atoms with van der Waals surface area (Å²) in [4.78, 5) is 0. The molecule has 1 N–H and O–H groups in total. The first-order valence-electron chi connectivity index (χ1n) is 5.70. The van der Waals surface area contributed by atoms with Gasteiger partial charge in [0.15, 0.2) is 0 Å². The van der Waals surface area contributed by atoms with Crippen LogP contribution >= 0.6 is 0 Å². The van der Waals surface area contributed by atoms with Crippen LogP contribution in [0.2, 0.25) is 0 Å². The van der Waals surface area contributed by atoms with Crippen molar-refractivity contribution in [2.75, 3.05) is 13.1 Å². The van der Waals surface area contributed by atoms with Gasteiger partial charge in [-0.15, -0.1) is 0 Å². The maximum atomic E-state index is 5.95. The molecule has 82 valence electrons. The van der Waals surface area contributed by atoms with Crippen LogP contribution in [0, 0.1) is 13.8 Å². The van der Waals surface area contributed by atoms with Gasteiger partial charge in [0.1, 0.15) is 11.9 Å². The van der Waals surface area contributed by atoms with Crippen molar-refractivity contribution < 1.29 is 4.74 Å². The topological polar surface area (TPSA) is 21.3 Å². The average molecular weight is 205 g/mol. The molecule has 2 nitrogen and oxygen atoms in total. The van der Waals surface area contributed by atoms with Crippen molar-refractivity contribution in [3.63, 3.8) is 0 Å². The van der Waals surface area contributed by atoms with Crippen molar-refractivity contribution >= 4 is 0 Å². The monoisotopic (exact) mass is 205 g/mol. The largest absolute Gasteiger partial charge is 0.489 e. The number of hydrogen-bond acceptors (Lipinski definition) is 2. The van der Waals surface area contributed by atoms with Gasteiger partial charge in [-0.05, 0) is 56.5 Å². The summed E-state index contributed by atoms with van der Waals surface area (Å²) in [7, 11) is 0. The van der Waals surface area contributed by atoms with Crippen LogP contribution in [-0.4, -0.2) is 19.2 Å². The zero-order chi connectivity index (χ0) is 10.7. The van der Waals surface area contributed by atoms with E-state index in [4.69, 9.17) is 4.74 Å². The molecule has 15 heavy (non-hydrogen) atoms. The predicted octanol–water partition coefficient (Wildman–Crippen LogP) is 2.43. The number of nitrogens with one attached hydrogen (secondary N) is 1. The van der Waals surface area contributed by atoms with E-state index in [1.165, 1.54) is 24.0 Å². The second kappa shape index (κ2) is 4.67. The molecule has 1 atom stereocenters. The first-order valence-corrected chi connectivity index (χ1v) is 5.70. The molecule has 0 saturated carbocycles. The van der Waals surface area contributed by atoms with E-state index in [1.807, 2.05) is 0 Å². The van der Waals surface area contributed by atoms with Crippen molar-refractivity contribution in [3.05, 3.63) is 29.3 Å². The molecule has 1 fully saturated rings. The Morgan fingerprint density at radius 1 is 1.20 bits per heavy atom. The first-order chi connectivity index (χ1) is 7.24. The lowest BCUT2D eigenvalue weighted by molar-refractivity contribution is 0.167. The van der Waals surface area contributed by atoms with Crippen molar-refractivity contribution in [3.8, 4) is 5.75 Å². The minimum absolute atomic E-state index is 0.347. The second-order valence-electron chi connectivity index (χ2n) is 4.41. The van der Waals surface area contributed by atoms with E-state index in [-0.39, 0.29) is 0 Å². The van der Waals surface area contributed by atoms with Gasteiger partial charge in [0.2, 0.25) is 0 Å². The molecular weight excluding hydrogens is 186 g/mol. The number of rotatable bonds is 2. The van der Waals surface area contributed by atoms with Crippen LogP contribution in [0.15, 0.2) is 18.2 Å². The highest BCUT2D eigenvalue weighted by Gasteiger charge is 2.14. The van der Waals surface area contributed by atoms with Crippen LogP contribution in [0.5, 0.6) is 5.75 Å². The normalized spacial score (nSPS) is 21.3. The number of aryl methyl sites for hydroxylation is 2. The van der Waals surface area contributed by atoms with Crippen LogP contribution in [-0.2, 0) is 0 Å². The predicted molar refractivity (Wildman–Crippen MR) is 62.4 cm³/mol. The Morgan fingerprint density at radius 3 is 2.53 bits per heavy atom. The number of benzene rings is 1. The van der Waals surface area contributed by atoms with Gasteiger partial charge in [-0.25, -0.2) is 0 Å². The minimum Gasteiger partial charge on any atom is -0.489 e. The molecule has 0 aromatic heterocycles. The maximum absolute atomic E-state index is 5.95. The summed E-state index contributed by atoms with van der Waals surface area (Å²) in [6, 6.07) is 6.40. The highest BCUT2D eigenvalue weighted by Crippen LogP contribution is 2.19. The zero-order valence-corrected chi connectivity index (χ0v) is 9.55. The van der Waals surface area contributed by atoms with Gasteiger partial charge < -0.3 is 10.1 Å². The number of hydrogen-bond donors (Lipinski definition) is 1. The molecule has 0 amide bonds. The van der Waals surface area contributed by atoms with Gasteiger partial charge in [0.05, 0.1) is 0 Å². The highest BCUT2D eigenvalue weighted by molar-refractivity contribution is 5.33. The van der Waals surface area contributed by atoms with E-state index in [2.05, 4.69) is 37.4 Å². The van der Waals surface area contributed by atoms with Crippen LogP contribution in [0.4, 0.5) is 0 Å². The van der Waals surface area contributed by atoms with Crippen LogP contribution in [0.1, 0.15) is 24.0 Å². The van der Waals surface area contributed by atoms with Crippen LogP contribution in [0.3, 0.4) is 0 Å². The van der Waals surface area contributed by atoms with Crippen molar-refractivity contribution in [2.24, 2.45) is 0 Å². The number of piperidine rings is 1. The minimum atomic E-state index is 0.347. The molecule has 2 rings (SSSR count). The Balaban J connectivity index is 2.02. The lowest BCUT2D eigenvalue weighted by atomic mass is 10.1. The Kier molecular flexibility index (Phi) is 3.27. The van der Waals surface area contributed by atoms with E-state index in [9.17, 15) is 0 Å². The molecule has 1 aromatic carbocycles. The summed E-state index contributed by atoms with van der Waals surface area (Å²) in [5.74, 6) is 1.02. The van der Waals surface area contributed by atoms with Crippen LogP contribution in [0.25, 0.3) is 0 Å². The van der Waals surface area contributed by atoms with E-state index in [1.54, 1.807) is 0 Å². The molecule has 1 unspecified atom stereocenters. The van der Waals surface area contributed by atoms with Crippen molar-refractivity contribution in [1.82, 2.24) is 5.32 Å². The van der Waals surface area contributed by atoms with E-state index in [0.717, 1.165) is 18.8 Å².